The summed E-state index contributed by atoms with van der Waals surface area (Å²) in [5.41, 5.74) is 1.59. The highest BCUT2D eigenvalue weighted by Crippen LogP contribution is 2.24. The van der Waals surface area contributed by atoms with E-state index in [4.69, 9.17) is 4.52 Å². The maximum atomic E-state index is 13.7. The van der Waals surface area contributed by atoms with Crippen molar-refractivity contribution in [3.05, 3.63) is 71.1 Å². The van der Waals surface area contributed by atoms with Crippen LogP contribution in [0.15, 0.2) is 47.0 Å². The number of hydrogen-bond acceptors (Lipinski definition) is 4. The Balaban J connectivity index is 1.32. The number of halogens is 2. The predicted octanol–water partition coefficient (Wildman–Crippen LogP) is 4.42. The number of benzene rings is 2. The SMILES string of the molecule is Cc1ccc(C(=O)N2CCC(CCc3noc(-c4ccc(F)cc4)n3)C2)cc1F. The third-order valence-corrected chi connectivity index (χ3v) is 5.33. The van der Waals surface area contributed by atoms with Gasteiger partial charge in [-0.3, -0.25) is 4.79 Å². The first-order valence-electron chi connectivity index (χ1n) is 9.63. The minimum atomic E-state index is -0.360. The van der Waals surface area contributed by atoms with Crippen molar-refractivity contribution in [2.45, 2.75) is 26.2 Å². The summed E-state index contributed by atoms with van der Waals surface area (Å²) in [5, 5.41) is 3.99. The van der Waals surface area contributed by atoms with Gasteiger partial charge in [0, 0.05) is 30.6 Å². The average molecular weight is 397 g/mol. The van der Waals surface area contributed by atoms with Crippen molar-refractivity contribution >= 4 is 5.91 Å². The van der Waals surface area contributed by atoms with Crippen molar-refractivity contribution in [2.75, 3.05) is 13.1 Å². The number of likely N-dealkylation sites (tertiary alicyclic amines) is 1. The fourth-order valence-electron chi connectivity index (χ4n) is 3.56. The first kappa shape index (κ1) is 19.2. The van der Waals surface area contributed by atoms with Crippen LogP contribution in [0.2, 0.25) is 0 Å². The molecule has 0 aliphatic carbocycles. The maximum absolute atomic E-state index is 13.7. The van der Waals surface area contributed by atoms with Crippen LogP contribution in [0.3, 0.4) is 0 Å². The first-order valence-corrected chi connectivity index (χ1v) is 9.63. The molecule has 150 valence electrons. The zero-order chi connectivity index (χ0) is 20.4. The van der Waals surface area contributed by atoms with E-state index in [2.05, 4.69) is 10.1 Å². The van der Waals surface area contributed by atoms with Gasteiger partial charge in [0.2, 0.25) is 0 Å². The van der Waals surface area contributed by atoms with Gasteiger partial charge in [0.1, 0.15) is 11.6 Å². The molecule has 1 fully saturated rings. The van der Waals surface area contributed by atoms with Gasteiger partial charge < -0.3 is 9.42 Å². The molecule has 2 heterocycles. The number of carbonyl (C=O) groups is 1. The van der Waals surface area contributed by atoms with Gasteiger partial charge in [-0.25, -0.2) is 8.78 Å². The molecular weight excluding hydrogens is 376 g/mol. The van der Waals surface area contributed by atoms with Gasteiger partial charge in [-0.2, -0.15) is 4.98 Å². The summed E-state index contributed by atoms with van der Waals surface area (Å²) < 4.78 is 32.0. The lowest BCUT2D eigenvalue weighted by molar-refractivity contribution is 0.0786. The second-order valence-electron chi connectivity index (χ2n) is 7.43. The number of aryl methyl sites for hydroxylation is 2. The van der Waals surface area contributed by atoms with Gasteiger partial charge >= 0.3 is 0 Å². The van der Waals surface area contributed by atoms with E-state index in [0.717, 1.165) is 12.8 Å². The number of rotatable bonds is 5. The van der Waals surface area contributed by atoms with Crippen molar-refractivity contribution in [1.29, 1.82) is 0 Å². The molecule has 1 amide bonds. The monoisotopic (exact) mass is 397 g/mol. The van der Waals surface area contributed by atoms with E-state index in [0.29, 0.717) is 53.8 Å². The number of hydrogen-bond donors (Lipinski definition) is 0. The lowest BCUT2D eigenvalue weighted by Crippen LogP contribution is -2.28. The quantitative estimate of drug-likeness (QED) is 0.640. The van der Waals surface area contributed by atoms with Gasteiger partial charge in [0.05, 0.1) is 0 Å². The largest absolute Gasteiger partial charge is 0.338 e. The fraction of sp³-hybridized carbons (Fsp3) is 0.318. The molecule has 1 saturated heterocycles. The molecular formula is C22H21F2N3O2. The summed E-state index contributed by atoms with van der Waals surface area (Å²) in [6, 6.07) is 10.5. The van der Waals surface area contributed by atoms with Crippen LogP contribution in [0.4, 0.5) is 8.78 Å². The normalized spacial score (nSPS) is 16.4. The molecule has 0 saturated carbocycles. The van der Waals surface area contributed by atoms with E-state index in [1.165, 1.54) is 18.2 Å². The van der Waals surface area contributed by atoms with E-state index >= 15 is 0 Å². The van der Waals surface area contributed by atoms with Gasteiger partial charge in [0.25, 0.3) is 11.8 Å². The molecule has 1 atom stereocenters. The number of amides is 1. The highest BCUT2D eigenvalue weighted by molar-refractivity contribution is 5.94. The lowest BCUT2D eigenvalue weighted by atomic mass is 10.0. The molecule has 1 aliphatic rings. The Morgan fingerprint density at radius 3 is 2.76 bits per heavy atom. The molecule has 5 nitrogen and oxygen atoms in total. The van der Waals surface area contributed by atoms with E-state index < -0.39 is 0 Å². The van der Waals surface area contributed by atoms with Gasteiger partial charge in [-0.05, 0) is 67.6 Å². The smallest absolute Gasteiger partial charge is 0.257 e. The Bertz CT molecular complexity index is 1020. The number of nitrogens with zero attached hydrogens (tertiary/aromatic N) is 3. The molecule has 0 spiro atoms. The number of carbonyl (C=O) groups excluding carboxylic acids is 1. The van der Waals surface area contributed by atoms with E-state index in [1.54, 1.807) is 36.1 Å². The molecule has 0 bridgehead atoms. The minimum absolute atomic E-state index is 0.135. The van der Waals surface area contributed by atoms with Crippen LogP contribution >= 0.6 is 0 Å². The maximum Gasteiger partial charge on any atom is 0.257 e. The van der Waals surface area contributed by atoms with Crippen LogP contribution in [0.25, 0.3) is 11.5 Å². The zero-order valence-electron chi connectivity index (χ0n) is 16.1. The molecule has 0 radical (unpaired) electrons. The van der Waals surface area contributed by atoms with Crippen LogP contribution in [0.1, 0.15) is 34.6 Å². The minimum Gasteiger partial charge on any atom is -0.338 e. The van der Waals surface area contributed by atoms with E-state index in [-0.39, 0.29) is 17.5 Å². The van der Waals surface area contributed by atoms with Crippen molar-refractivity contribution in [2.24, 2.45) is 5.92 Å². The molecule has 7 heteroatoms. The Morgan fingerprint density at radius 2 is 2.00 bits per heavy atom. The molecule has 2 aromatic carbocycles. The van der Waals surface area contributed by atoms with E-state index in [1.807, 2.05) is 0 Å². The summed E-state index contributed by atoms with van der Waals surface area (Å²) in [6.07, 6.45) is 2.35. The molecule has 3 aromatic rings. The van der Waals surface area contributed by atoms with Crippen LogP contribution < -0.4 is 0 Å². The molecule has 0 N–H and O–H groups in total. The van der Waals surface area contributed by atoms with Crippen LogP contribution in [0.5, 0.6) is 0 Å². The van der Waals surface area contributed by atoms with Crippen LogP contribution in [-0.2, 0) is 6.42 Å². The van der Waals surface area contributed by atoms with Gasteiger partial charge in [-0.15, -0.1) is 0 Å². The standard InChI is InChI=1S/C22H21F2N3O2/c1-14-2-4-17(12-19(14)24)22(28)27-11-10-15(13-27)3-9-20-25-21(29-26-20)16-5-7-18(23)8-6-16/h2,4-8,12,15H,3,9-11,13H2,1H3. The van der Waals surface area contributed by atoms with Crippen LogP contribution in [0, 0.1) is 24.5 Å². The first-order chi connectivity index (χ1) is 14.0. The van der Waals surface area contributed by atoms with Gasteiger partial charge in [-0.1, -0.05) is 11.2 Å². The molecule has 1 unspecified atom stereocenters. The third-order valence-electron chi connectivity index (χ3n) is 5.33. The van der Waals surface area contributed by atoms with Crippen LogP contribution in [-0.4, -0.2) is 34.0 Å². The summed E-state index contributed by atoms with van der Waals surface area (Å²) in [7, 11) is 0. The highest BCUT2D eigenvalue weighted by atomic mass is 19.1. The third kappa shape index (κ3) is 4.34. The fourth-order valence-corrected chi connectivity index (χ4v) is 3.56. The van der Waals surface area contributed by atoms with Crippen molar-refractivity contribution in [3.63, 3.8) is 0 Å². The molecule has 1 aliphatic heterocycles. The number of aromatic nitrogens is 2. The summed E-state index contributed by atoms with van der Waals surface area (Å²) in [6.45, 7) is 2.97. The highest BCUT2D eigenvalue weighted by Gasteiger charge is 2.27. The Kier molecular flexibility index (Phi) is 5.38. The second kappa shape index (κ2) is 8.11. The second-order valence-corrected chi connectivity index (χ2v) is 7.43. The van der Waals surface area contributed by atoms with Gasteiger partial charge in [0.15, 0.2) is 5.82 Å². The van der Waals surface area contributed by atoms with Crippen molar-refractivity contribution in [3.8, 4) is 11.5 Å². The topological polar surface area (TPSA) is 59.2 Å². The Labute approximate surface area is 167 Å². The Hall–Kier alpha value is -3.09. The molecule has 29 heavy (non-hydrogen) atoms. The molecule has 1 aromatic heterocycles. The summed E-state index contributed by atoms with van der Waals surface area (Å²) >= 11 is 0. The predicted molar refractivity (Wildman–Crippen MR) is 103 cm³/mol. The summed E-state index contributed by atoms with van der Waals surface area (Å²) in [4.78, 5) is 18.7. The Morgan fingerprint density at radius 1 is 1.21 bits per heavy atom. The van der Waals surface area contributed by atoms with Crippen molar-refractivity contribution in [1.82, 2.24) is 15.0 Å². The molecule has 4 rings (SSSR count). The summed E-state index contributed by atoms with van der Waals surface area (Å²) in [5.74, 6) is 0.480. The average Bonchev–Trinajstić information content (AvgIpc) is 3.38. The lowest BCUT2D eigenvalue weighted by Gasteiger charge is -2.16. The van der Waals surface area contributed by atoms with E-state index in [9.17, 15) is 13.6 Å². The zero-order valence-corrected chi connectivity index (χ0v) is 16.1. The van der Waals surface area contributed by atoms with Crippen molar-refractivity contribution < 1.29 is 18.1 Å².